The lowest BCUT2D eigenvalue weighted by atomic mass is 10.1. The van der Waals surface area contributed by atoms with E-state index in [0.29, 0.717) is 22.7 Å². The fraction of sp³-hybridized carbons (Fsp3) is 0.0833. The number of carbonyl (C=O) groups excluding carboxylic acids is 1. The first-order valence-electron chi connectivity index (χ1n) is 9.62. The number of hydrogen-bond acceptors (Lipinski definition) is 6. The highest BCUT2D eigenvalue weighted by Gasteiger charge is 2.12. The van der Waals surface area contributed by atoms with Gasteiger partial charge in [-0.1, -0.05) is 30.3 Å². The van der Waals surface area contributed by atoms with E-state index in [0.717, 1.165) is 21.9 Å². The van der Waals surface area contributed by atoms with E-state index >= 15 is 0 Å². The van der Waals surface area contributed by atoms with Gasteiger partial charge in [-0.3, -0.25) is 10.1 Å². The number of rotatable bonds is 6. The van der Waals surface area contributed by atoms with Crippen LogP contribution in [0.3, 0.4) is 0 Å². The molecule has 0 aliphatic carbocycles. The van der Waals surface area contributed by atoms with Crippen LogP contribution in [0.25, 0.3) is 0 Å². The predicted octanol–water partition coefficient (Wildman–Crippen LogP) is 5.02. The Morgan fingerprint density at radius 1 is 1.03 bits per heavy atom. The number of pyridine rings is 1. The number of anilines is 3. The highest BCUT2D eigenvalue weighted by Crippen LogP contribution is 2.23. The maximum atomic E-state index is 12.6. The van der Waals surface area contributed by atoms with Crippen molar-refractivity contribution in [2.75, 3.05) is 17.3 Å². The predicted molar refractivity (Wildman–Crippen MR) is 123 cm³/mol. The lowest BCUT2D eigenvalue weighted by Crippen LogP contribution is -2.14. The molecule has 2 aromatic heterocycles. The summed E-state index contributed by atoms with van der Waals surface area (Å²) in [6.45, 7) is 0. The van der Waals surface area contributed by atoms with Crippen molar-refractivity contribution in [3.63, 3.8) is 0 Å². The van der Waals surface area contributed by atoms with Crippen LogP contribution in [0.15, 0.2) is 79.1 Å². The van der Waals surface area contributed by atoms with Gasteiger partial charge >= 0.3 is 0 Å². The third kappa shape index (κ3) is 4.94. The number of hydrogen-bond donors (Lipinski definition) is 1. The van der Waals surface area contributed by atoms with Gasteiger partial charge in [0.25, 0.3) is 5.91 Å². The van der Waals surface area contributed by atoms with Crippen LogP contribution in [0.4, 0.5) is 16.6 Å². The van der Waals surface area contributed by atoms with Crippen molar-refractivity contribution in [2.24, 2.45) is 0 Å². The average molecular weight is 426 g/mol. The van der Waals surface area contributed by atoms with Crippen LogP contribution in [-0.4, -0.2) is 22.9 Å². The van der Waals surface area contributed by atoms with Gasteiger partial charge in [-0.25, -0.2) is 9.97 Å². The Kier molecular flexibility index (Phi) is 6.01. The third-order valence-corrected chi connectivity index (χ3v) is 5.65. The maximum Gasteiger partial charge on any atom is 0.259 e. The van der Waals surface area contributed by atoms with Crippen LogP contribution in [0.1, 0.15) is 26.4 Å². The second kappa shape index (κ2) is 9.20. The van der Waals surface area contributed by atoms with Crippen LogP contribution in [-0.2, 0) is 6.42 Å². The fourth-order valence-electron chi connectivity index (χ4n) is 3.02. The topological polar surface area (TPSA) is 81.9 Å². The summed E-state index contributed by atoms with van der Waals surface area (Å²) in [5.74, 6) is 0.502. The van der Waals surface area contributed by atoms with E-state index in [4.69, 9.17) is 5.26 Å². The molecule has 0 bridgehead atoms. The fourth-order valence-corrected chi connectivity index (χ4v) is 3.86. The highest BCUT2D eigenvalue weighted by atomic mass is 32.1. The van der Waals surface area contributed by atoms with E-state index in [2.05, 4.69) is 21.4 Å². The SMILES string of the molecule is CN(c1ccccc1)c1ccc(C(=O)Nc2ncc(Cc3ccc(C#N)cc3)s2)cn1. The van der Waals surface area contributed by atoms with Crippen LogP contribution in [0.2, 0.25) is 0 Å². The minimum absolute atomic E-state index is 0.249. The summed E-state index contributed by atoms with van der Waals surface area (Å²) in [6.07, 6.45) is 4.02. The van der Waals surface area contributed by atoms with Crippen molar-refractivity contribution in [3.05, 3.63) is 101 Å². The number of benzene rings is 2. The number of carbonyl (C=O) groups is 1. The van der Waals surface area contributed by atoms with E-state index in [1.54, 1.807) is 30.6 Å². The average Bonchev–Trinajstić information content (AvgIpc) is 3.26. The number of thiazole rings is 1. The smallest absolute Gasteiger partial charge is 0.259 e. The quantitative estimate of drug-likeness (QED) is 0.469. The molecule has 0 radical (unpaired) electrons. The van der Waals surface area contributed by atoms with Crippen LogP contribution >= 0.6 is 11.3 Å². The highest BCUT2D eigenvalue weighted by molar-refractivity contribution is 7.15. The first-order chi connectivity index (χ1) is 15.1. The molecule has 152 valence electrons. The number of nitriles is 1. The molecule has 0 aliphatic rings. The Hall–Kier alpha value is -4.02. The molecule has 1 N–H and O–H groups in total. The van der Waals surface area contributed by atoms with E-state index in [-0.39, 0.29) is 5.91 Å². The van der Waals surface area contributed by atoms with Gasteiger partial charge in [-0.2, -0.15) is 5.26 Å². The lowest BCUT2D eigenvalue weighted by Gasteiger charge is -2.18. The van der Waals surface area contributed by atoms with Gasteiger partial charge in [-0.15, -0.1) is 11.3 Å². The molecule has 0 fully saturated rings. The van der Waals surface area contributed by atoms with Crippen LogP contribution < -0.4 is 10.2 Å². The van der Waals surface area contributed by atoms with E-state index in [1.807, 2.05) is 60.5 Å². The van der Waals surface area contributed by atoms with Gasteiger partial charge in [0.1, 0.15) is 5.82 Å². The monoisotopic (exact) mass is 425 g/mol. The molecule has 1 amide bonds. The van der Waals surface area contributed by atoms with E-state index in [1.165, 1.54) is 11.3 Å². The van der Waals surface area contributed by atoms with Crippen LogP contribution in [0, 0.1) is 11.3 Å². The minimum Gasteiger partial charge on any atom is -0.329 e. The molecule has 31 heavy (non-hydrogen) atoms. The van der Waals surface area contributed by atoms with Gasteiger partial charge in [0.2, 0.25) is 0 Å². The van der Waals surface area contributed by atoms with Gasteiger partial charge in [0.15, 0.2) is 5.13 Å². The van der Waals surface area contributed by atoms with Gasteiger partial charge < -0.3 is 4.90 Å². The largest absolute Gasteiger partial charge is 0.329 e. The first kappa shape index (κ1) is 20.3. The Labute approximate surface area is 184 Å². The van der Waals surface area contributed by atoms with Crippen molar-refractivity contribution in [1.82, 2.24) is 9.97 Å². The van der Waals surface area contributed by atoms with Crippen LogP contribution in [0.5, 0.6) is 0 Å². The number of aromatic nitrogens is 2. The summed E-state index contributed by atoms with van der Waals surface area (Å²) >= 11 is 1.43. The Morgan fingerprint density at radius 2 is 1.81 bits per heavy atom. The molecule has 4 aromatic rings. The summed E-state index contributed by atoms with van der Waals surface area (Å²) in [6, 6.07) is 23.0. The number of para-hydroxylation sites is 1. The maximum absolute atomic E-state index is 12.6. The summed E-state index contributed by atoms with van der Waals surface area (Å²) < 4.78 is 0. The molecule has 0 aliphatic heterocycles. The van der Waals surface area contributed by atoms with Crippen molar-refractivity contribution in [1.29, 1.82) is 5.26 Å². The normalized spacial score (nSPS) is 10.3. The molecule has 0 atom stereocenters. The van der Waals surface area contributed by atoms with Gasteiger partial charge in [0, 0.05) is 36.4 Å². The lowest BCUT2D eigenvalue weighted by molar-refractivity contribution is 0.102. The van der Waals surface area contributed by atoms with E-state index < -0.39 is 0 Å². The molecule has 7 heteroatoms. The molecule has 0 saturated heterocycles. The second-order valence-electron chi connectivity index (χ2n) is 6.87. The molecular weight excluding hydrogens is 406 g/mol. The number of nitrogens with zero attached hydrogens (tertiary/aromatic N) is 4. The standard InChI is InChI=1S/C24H19N5OS/c1-29(20-5-3-2-4-6-20)22-12-11-19(15-26-22)23(30)28-24-27-16-21(31-24)13-17-7-9-18(14-25)10-8-17/h2-12,15-16H,13H2,1H3,(H,27,28,30). The second-order valence-corrected chi connectivity index (χ2v) is 7.99. The molecule has 0 unspecified atom stereocenters. The Balaban J connectivity index is 1.39. The molecule has 2 aromatic carbocycles. The minimum atomic E-state index is -0.249. The van der Waals surface area contributed by atoms with Crippen molar-refractivity contribution in [3.8, 4) is 6.07 Å². The number of amides is 1. The summed E-state index contributed by atoms with van der Waals surface area (Å²) in [5.41, 5.74) is 3.21. The molecular formula is C24H19N5OS. The zero-order valence-electron chi connectivity index (χ0n) is 16.8. The Morgan fingerprint density at radius 3 is 2.48 bits per heavy atom. The summed E-state index contributed by atoms with van der Waals surface area (Å²) in [4.78, 5) is 24.3. The van der Waals surface area contributed by atoms with Gasteiger partial charge in [-0.05, 0) is 42.0 Å². The van der Waals surface area contributed by atoms with Gasteiger partial charge in [0.05, 0.1) is 17.2 Å². The third-order valence-electron chi connectivity index (χ3n) is 4.73. The molecule has 4 rings (SSSR count). The molecule has 0 spiro atoms. The zero-order valence-corrected chi connectivity index (χ0v) is 17.6. The molecule has 2 heterocycles. The number of nitrogens with one attached hydrogen (secondary N) is 1. The van der Waals surface area contributed by atoms with E-state index in [9.17, 15) is 4.79 Å². The zero-order chi connectivity index (χ0) is 21.6. The van der Waals surface area contributed by atoms with Crippen molar-refractivity contribution in [2.45, 2.75) is 6.42 Å². The molecule has 0 saturated carbocycles. The first-order valence-corrected chi connectivity index (χ1v) is 10.4. The summed E-state index contributed by atoms with van der Waals surface area (Å²) in [5, 5.41) is 12.3. The van der Waals surface area contributed by atoms with Crippen molar-refractivity contribution < 1.29 is 4.79 Å². The Bertz CT molecular complexity index is 1210. The van der Waals surface area contributed by atoms with Crippen molar-refractivity contribution >= 4 is 33.9 Å². The summed E-state index contributed by atoms with van der Waals surface area (Å²) in [7, 11) is 1.93. The molecule has 6 nitrogen and oxygen atoms in total.